The van der Waals surface area contributed by atoms with E-state index < -0.39 is 12.6 Å². The number of carboxylic acid groups (broad SMARTS) is 1. The van der Waals surface area contributed by atoms with Crippen molar-refractivity contribution in [3.63, 3.8) is 0 Å². The van der Waals surface area contributed by atoms with Gasteiger partial charge in [0, 0.05) is 0 Å². The summed E-state index contributed by atoms with van der Waals surface area (Å²) in [5.74, 6) is -0.170. The highest BCUT2D eigenvalue weighted by molar-refractivity contribution is 8.26. The fraction of sp³-hybridized carbons (Fsp3) is 0.118. The molecule has 1 N–H and O–H groups in total. The van der Waals surface area contributed by atoms with Gasteiger partial charge >= 0.3 is 5.97 Å². The van der Waals surface area contributed by atoms with Crippen molar-refractivity contribution < 1.29 is 23.8 Å². The molecular formula is C17H13NO5S2. The van der Waals surface area contributed by atoms with Crippen molar-refractivity contribution in [3.05, 3.63) is 58.9 Å². The van der Waals surface area contributed by atoms with Crippen LogP contribution in [0.3, 0.4) is 0 Å². The second kappa shape index (κ2) is 7.54. The number of amides is 1. The zero-order chi connectivity index (χ0) is 17.8. The second-order valence-corrected chi connectivity index (χ2v) is 6.78. The summed E-state index contributed by atoms with van der Waals surface area (Å²) in [6, 6.07) is 10.4. The maximum atomic E-state index is 12.5. The van der Waals surface area contributed by atoms with Gasteiger partial charge in [-0.2, -0.15) is 0 Å². The van der Waals surface area contributed by atoms with Gasteiger partial charge in [-0.25, -0.2) is 4.79 Å². The molecule has 0 radical (unpaired) electrons. The minimum absolute atomic E-state index is 0.191. The quantitative estimate of drug-likeness (QED) is 0.614. The molecule has 0 atom stereocenters. The predicted molar refractivity (Wildman–Crippen MR) is 97.0 cm³/mol. The Labute approximate surface area is 153 Å². The van der Waals surface area contributed by atoms with Crippen LogP contribution in [0.25, 0.3) is 6.08 Å². The fourth-order valence-corrected chi connectivity index (χ4v) is 3.44. The number of carbonyl (C=O) groups is 2. The number of rotatable bonds is 6. The molecule has 25 heavy (non-hydrogen) atoms. The van der Waals surface area contributed by atoms with E-state index in [9.17, 15) is 9.59 Å². The lowest BCUT2D eigenvalue weighted by molar-refractivity contribution is -0.139. The van der Waals surface area contributed by atoms with Crippen LogP contribution in [0.4, 0.5) is 0 Å². The molecular weight excluding hydrogens is 362 g/mol. The summed E-state index contributed by atoms with van der Waals surface area (Å²) in [5, 5.41) is 8.66. The smallest absolute Gasteiger partial charge is 0.341 e. The summed E-state index contributed by atoms with van der Waals surface area (Å²) in [7, 11) is 0. The molecule has 0 spiro atoms. The number of thioether (sulfide) groups is 1. The molecule has 1 amide bonds. The van der Waals surface area contributed by atoms with Crippen LogP contribution >= 0.6 is 24.0 Å². The Bertz CT molecular complexity index is 844. The number of benzene rings is 1. The summed E-state index contributed by atoms with van der Waals surface area (Å²) in [4.78, 5) is 25.1. The van der Waals surface area contributed by atoms with E-state index in [1.165, 1.54) is 16.7 Å². The van der Waals surface area contributed by atoms with E-state index in [-0.39, 0.29) is 12.5 Å². The summed E-state index contributed by atoms with van der Waals surface area (Å²) < 4.78 is 10.9. The van der Waals surface area contributed by atoms with Gasteiger partial charge in [-0.3, -0.25) is 9.69 Å². The van der Waals surface area contributed by atoms with Gasteiger partial charge in [-0.15, -0.1) is 0 Å². The molecule has 1 fully saturated rings. The molecule has 1 aliphatic rings. The number of ether oxygens (including phenoxy) is 1. The van der Waals surface area contributed by atoms with Crippen LogP contribution < -0.4 is 4.74 Å². The van der Waals surface area contributed by atoms with Crippen LogP contribution in [0.15, 0.2) is 52.0 Å². The highest BCUT2D eigenvalue weighted by Crippen LogP contribution is 2.34. The molecule has 0 bridgehead atoms. The first-order valence-electron chi connectivity index (χ1n) is 7.25. The maximum absolute atomic E-state index is 12.5. The van der Waals surface area contributed by atoms with Crippen molar-refractivity contribution in [2.45, 2.75) is 6.54 Å². The van der Waals surface area contributed by atoms with Gasteiger partial charge in [0.2, 0.25) is 0 Å². The number of furan rings is 1. The molecule has 1 aromatic carbocycles. The highest BCUT2D eigenvalue weighted by Gasteiger charge is 2.32. The first-order chi connectivity index (χ1) is 12.0. The topological polar surface area (TPSA) is 80.0 Å². The SMILES string of the molecule is O=C(O)COc1cccc(C=C2SC(=S)N(Cc3ccco3)C2=O)c1. The normalized spacial score (nSPS) is 15.8. The standard InChI is InChI=1S/C17H13NO5S2/c19-15(20)10-23-12-4-1-3-11(7-12)8-14-16(21)18(17(24)25-14)9-13-5-2-6-22-13/h1-8H,9-10H2,(H,19,20). The van der Waals surface area contributed by atoms with Crippen molar-refractivity contribution in [3.8, 4) is 5.75 Å². The molecule has 0 aliphatic carbocycles. The molecule has 1 saturated heterocycles. The molecule has 1 aliphatic heterocycles. The van der Waals surface area contributed by atoms with Crippen LogP contribution in [0.1, 0.15) is 11.3 Å². The molecule has 6 nitrogen and oxygen atoms in total. The van der Waals surface area contributed by atoms with Crippen LogP contribution in [-0.4, -0.2) is 32.8 Å². The van der Waals surface area contributed by atoms with E-state index in [1.54, 1.807) is 48.7 Å². The Hall–Kier alpha value is -2.58. The summed E-state index contributed by atoms with van der Waals surface area (Å²) >= 11 is 6.49. The van der Waals surface area contributed by atoms with E-state index in [4.69, 9.17) is 26.5 Å². The van der Waals surface area contributed by atoms with E-state index >= 15 is 0 Å². The van der Waals surface area contributed by atoms with Crippen molar-refractivity contribution in [2.24, 2.45) is 0 Å². The number of carbonyl (C=O) groups excluding carboxylic acids is 1. The van der Waals surface area contributed by atoms with Gasteiger partial charge in [0.05, 0.1) is 17.7 Å². The first-order valence-corrected chi connectivity index (χ1v) is 8.48. The third kappa shape index (κ3) is 4.28. The van der Waals surface area contributed by atoms with Crippen molar-refractivity contribution in [1.82, 2.24) is 4.90 Å². The van der Waals surface area contributed by atoms with Crippen molar-refractivity contribution in [1.29, 1.82) is 0 Å². The van der Waals surface area contributed by atoms with E-state index in [1.807, 2.05) is 0 Å². The third-order valence-electron chi connectivity index (χ3n) is 3.29. The van der Waals surface area contributed by atoms with Crippen LogP contribution in [0, 0.1) is 0 Å². The van der Waals surface area contributed by atoms with E-state index in [2.05, 4.69) is 0 Å². The first kappa shape index (κ1) is 17.2. The molecule has 1 aromatic heterocycles. The van der Waals surface area contributed by atoms with Gasteiger partial charge in [0.1, 0.15) is 15.8 Å². The van der Waals surface area contributed by atoms with Gasteiger partial charge in [0.25, 0.3) is 5.91 Å². The van der Waals surface area contributed by atoms with Gasteiger partial charge in [0.15, 0.2) is 6.61 Å². The summed E-state index contributed by atoms with van der Waals surface area (Å²) in [5.41, 5.74) is 0.724. The molecule has 3 rings (SSSR count). The molecule has 0 saturated carbocycles. The second-order valence-electron chi connectivity index (χ2n) is 5.10. The van der Waals surface area contributed by atoms with Crippen molar-refractivity contribution >= 4 is 46.3 Å². The lowest BCUT2D eigenvalue weighted by atomic mass is 10.2. The number of thiocarbonyl (C=S) groups is 1. The molecule has 128 valence electrons. The number of carboxylic acids is 1. The Balaban J connectivity index is 1.75. The fourth-order valence-electron chi connectivity index (χ4n) is 2.19. The number of hydrogen-bond acceptors (Lipinski definition) is 6. The monoisotopic (exact) mass is 375 g/mol. The number of hydrogen-bond donors (Lipinski definition) is 1. The zero-order valence-corrected chi connectivity index (χ0v) is 14.5. The Morgan fingerprint density at radius 1 is 1.36 bits per heavy atom. The lowest BCUT2D eigenvalue weighted by Gasteiger charge is -2.12. The number of aliphatic carboxylic acids is 1. The maximum Gasteiger partial charge on any atom is 0.341 e. The minimum atomic E-state index is -1.05. The highest BCUT2D eigenvalue weighted by atomic mass is 32.2. The summed E-state index contributed by atoms with van der Waals surface area (Å²) in [6.07, 6.45) is 3.25. The van der Waals surface area contributed by atoms with Crippen LogP contribution in [0.2, 0.25) is 0 Å². The average Bonchev–Trinajstić information content (AvgIpc) is 3.18. The van der Waals surface area contributed by atoms with Crippen LogP contribution in [-0.2, 0) is 16.1 Å². The molecule has 0 unspecified atom stereocenters. The zero-order valence-electron chi connectivity index (χ0n) is 12.9. The lowest BCUT2D eigenvalue weighted by Crippen LogP contribution is -2.27. The molecule has 2 aromatic rings. The largest absolute Gasteiger partial charge is 0.482 e. The van der Waals surface area contributed by atoms with Crippen molar-refractivity contribution in [2.75, 3.05) is 6.61 Å². The Morgan fingerprint density at radius 2 is 2.20 bits per heavy atom. The van der Waals surface area contributed by atoms with Gasteiger partial charge in [-0.1, -0.05) is 36.1 Å². The summed E-state index contributed by atoms with van der Waals surface area (Å²) in [6.45, 7) is -0.133. The van der Waals surface area contributed by atoms with Gasteiger partial charge < -0.3 is 14.3 Å². The van der Waals surface area contributed by atoms with Gasteiger partial charge in [-0.05, 0) is 35.9 Å². The third-order valence-corrected chi connectivity index (χ3v) is 4.66. The Morgan fingerprint density at radius 3 is 2.92 bits per heavy atom. The van der Waals surface area contributed by atoms with E-state index in [0.717, 1.165) is 5.56 Å². The Kier molecular flexibility index (Phi) is 5.20. The minimum Gasteiger partial charge on any atom is -0.482 e. The predicted octanol–water partition coefficient (Wildman–Crippen LogP) is 3.14. The number of nitrogens with zero attached hydrogens (tertiary/aromatic N) is 1. The van der Waals surface area contributed by atoms with E-state index in [0.29, 0.717) is 20.7 Å². The molecule has 2 heterocycles. The van der Waals surface area contributed by atoms with Crippen LogP contribution in [0.5, 0.6) is 5.75 Å². The molecule has 8 heteroatoms. The average molecular weight is 375 g/mol.